The predicted molar refractivity (Wildman–Crippen MR) is 155 cm³/mol. The number of nitrogens with zero attached hydrogens (tertiary/aromatic N) is 1. The highest BCUT2D eigenvalue weighted by molar-refractivity contribution is 7.51. The topological polar surface area (TPSA) is 109 Å². The fraction of sp³-hybridized carbons (Fsp3) is 0.500. The second-order valence-electron chi connectivity index (χ2n) is 10.6. The number of ether oxygens (including phenoxy) is 1. The molecule has 0 bridgehead atoms. The Morgan fingerprint density at radius 3 is 2.51 bits per heavy atom. The van der Waals surface area contributed by atoms with E-state index < -0.39 is 19.5 Å². The second-order valence-corrected chi connectivity index (χ2v) is 12.8. The summed E-state index contributed by atoms with van der Waals surface area (Å²) in [5, 5.41) is 11.7. The Bertz CT molecular complexity index is 1330. The first-order valence-corrected chi connectivity index (χ1v) is 16.2. The first-order chi connectivity index (χ1) is 18.7. The molecule has 1 unspecified atom stereocenters. The van der Waals surface area contributed by atoms with Gasteiger partial charge in [-0.2, -0.15) is 0 Å². The summed E-state index contributed by atoms with van der Waals surface area (Å²) in [6.45, 7) is 2.94. The molecule has 1 aliphatic carbocycles. The van der Waals surface area contributed by atoms with E-state index in [0.29, 0.717) is 23.7 Å². The predicted octanol–water partition coefficient (Wildman–Crippen LogP) is 7.31. The Kier molecular flexibility index (Phi) is 10.2. The highest BCUT2D eigenvalue weighted by atomic mass is 35.5. The van der Waals surface area contributed by atoms with Gasteiger partial charge in [-0.3, -0.25) is 9.36 Å². The van der Waals surface area contributed by atoms with Crippen LogP contribution in [0.3, 0.4) is 0 Å². The molecule has 4 rings (SSSR count). The van der Waals surface area contributed by atoms with Crippen molar-refractivity contribution in [3.63, 3.8) is 0 Å². The molecule has 3 N–H and O–H groups in total. The number of carbonyl (C=O) groups is 1. The minimum atomic E-state index is -4.12. The fourth-order valence-corrected chi connectivity index (χ4v) is 6.43. The number of rotatable bonds is 14. The molecule has 1 aromatic heterocycles. The van der Waals surface area contributed by atoms with Crippen molar-refractivity contribution in [2.75, 3.05) is 12.8 Å². The van der Waals surface area contributed by atoms with Crippen molar-refractivity contribution in [3.8, 4) is 5.75 Å². The number of carboxylic acid groups (broad SMARTS) is 1. The number of halogens is 1. The van der Waals surface area contributed by atoms with E-state index >= 15 is 0 Å². The molecule has 0 aliphatic heterocycles. The first-order valence-electron chi connectivity index (χ1n) is 14.0. The summed E-state index contributed by atoms with van der Waals surface area (Å²) in [6, 6.07) is 11.8. The van der Waals surface area contributed by atoms with Gasteiger partial charge in [0.1, 0.15) is 5.75 Å². The molecular formula is C30H39ClNO6P. The molecule has 0 fully saturated rings. The lowest BCUT2D eigenvalue weighted by atomic mass is 9.84. The molecule has 2 aromatic carbocycles. The van der Waals surface area contributed by atoms with Gasteiger partial charge >= 0.3 is 13.6 Å². The molecule has 0 spiro atoms. The van der Waals surface area contributed by atoms with Crippen LogP contribution in [-0.4, -0.2) is 38.2 Å². The smallest absolute Gasteiger partial charge is 0.325 e. The third-order valence-corrected chi connectivity index (χ3v) is 8.76. The minimum Gasteiger partial charge on any atom is -0.493 e. The van der Waals surface area contributed by atoms with E-state index in [-0.39, 0.29) is 19.2 Å². The maximum Gasteiger partial charge on any atom is 0.325 e. The molecule has 3 aromatic rings. The largest absolute Gasteiger partial charge is 0.493 e. The number of aromatic nitrogens is 1. The quantitative estimate of drug-likeness (QED) is 0.137. The summed E-state index contributed by atoms with van der Waals surface area (Å²) < 4.78 is 19.8. The standard InChI is InChI=1S/C30H39ClNO6P/c1-2-3-4-5-6-9-22-14-17-26(38-18-8-19-39(35,36)37)28-27-24(30(33)34)10-7-11-25(27)32(29(22)28)20-21-12-15-23(31)16-13-21/h12-17,24H,2-11,18-20H2,1H3,(H,33,34)(H2,35,36,37). The summed E-state index contributed by atoms with van der Waals surface area (Å²) in [4.78, 5) is 31.0. The number of benzene rings is 2. The van der Waals surface area contributed by atoms with Gasteiger partial charge in [0.25, 0.3) is 0 Å². The summed E-state index contributed by atoms with van der Waals surface area (Å²) in [5.41, 5.74) is 5.15. The van der Waals surface area contributed by atoms with Crippen molar-refractivity contribution in [2.45, 2.75) is 83.6 Å². The lowest BCUT2D eigenvalue weighted by Crippen LogP contribution is -2.19. The Morgan fingerprint density at radius 1 is 1.08 bits per heavy atom. The van der Waals surface area contributed by atoms with E-state index in [1.54, 1.807) is 0 Å². The monoisotopic (exact) mass is 575 g/mol. The maximum atomic E-state index is 12.5. The van der Waals surface area contributed by atoms with Crippen molar-refractivity contribution in [1.29, 1.82) is 0 Å². The zero-order chi connectivity index (χ0) is 28.0. The second kappa shape index (κ2) is 13.4. The lowest BCUT2D eigenvalue weighted by molar-refractivity contribution is -0.139. The average molecular weight is 576 g/mol. The Labute approximate surface area is 235 Å². The van der Waals surface area contributed by atoms with E-state index in [0.717, 1.165) is 59.8 Å². The molecule has 1 atom stereocenters. The Balaban J connectivity index is 1.82. The van der Waals surface area contributed by atoms with Crippen LogP contribution < -0.4 is 4.74 Å². The lowest BCUT2D eigenvalue weighted by Gasteiger charge is -2.22. The molecule has 7 nitrogen and oxygen atoms in total. The summed E-state index contributed by atoms with van der Waals surface area (Å²) >= 11 is 6.15. The van der Waals surface area contributed by atoms with Gasteiger partial charge in [-0.1, -0.05) is 62.4 Å². The summed E-state index contributed by atoms with van der Waals surface area (Å²) in [7, 11) is -4.12. The van der Waals surface area contributed by atoms with Crippen LogP contribution in [0.1, 0.15) is 86.6 Å². The molecule has 9 heteroatoms. The van der Waals surface area contributed by atoms with E-state index in [1.165, 1.54) is 24.8 Å². The molecule has 0 radical (unpaired) electrons. The molecule has 212 valence electrons. The van der Waals surface area contributed by atoms with Gasteiger partial charge in [0.05, 0.1) is 24.2 Å². The van der Waals surface area contributed by atoms with Crippen LogP contribution in [0.2, 0.25) is 5.02 Å². The highest BCUT2D eigenvalue weighted by Gasteiger charge is 2.34. The van der Waals surface area contributed by atoms with Crippen molar-refractivity contribution >= 4 is 36.1 Å². The van der Waals surface area contributed by atoms with Crippen LogP contribution in [0.5, 0.6) is 5.75 Å². The number of carboxylic acids is 1. The van der Waals surface area contributed by atoms with E-state index in [9.17, 15) is 24.3 Å². The zero-order valence-electron chi connectivity index (χ0n) is 22.6. The van der Waals surface area contributed by atoms with Gasteiger partial charge in [-0.25, -0.2) is 0 Å². The molecule has 1 aliphatic rings. The molecule has 39 heavy (non-hydrogen) atoms. The van der Waals surface area contributed by atoms with Gasteiger partial charge in [-0.15, -0.1) is 0 Å². The number of hydrogen-bond acceptors (Lipinski definition) is 3. The summed E-state index contributed by atoms with van der Waals surface area (Å²) in [6.07, 6.45) is 8.80. The number of aliphatic carboxylic acids is 1. The molecule has 0 saturated carbocycles. The third-order valence-electron chi connectivity index (χ3n) is 7.61. The summed E-state index contributed by atoms with van der Waals surface area (Å²) in [5.74, 6) is -0.872. The SMILES string of the molecule is CCCCCCCc1ccc(OCCCP(=O)(O)O)c2c3c(n(Cc4ccc(Cl)cc4)c12)CCCC3C(=O)O. The molecular weight excluding hydrogens is 537 g/mol. The van der Waals surface area contributed by atoms with Gasteiger partial charge in [-0.05, 0) is 73.4 Å². The number of fused-ring (bicyclic) bond motifs is 3. The number of aryl methyl sites for hydroxylation is 1. The van der Waals surface area contributed by atoms with Crippen LogP contribution in [0, 0.1) is 0 Å². The first kappa shape index (κ1) is 29.7. The van der Waals surface area contributed by atoms with E-state index in [1.807, 2.05) is 30.3 Å². The van der Waals surface area contributed by atoms with Gasteiger partial charge < -0.3 is 24.2 Å². The van der Waals surface area contributed by atoms with Crippen LogP contribution in [0.25, 0.3) is 10.9 Å². The Hall–Kier alpha value is -2.31. The molecule has 0 amide bonds. The van der Waals surface area contributed by atoms with Gasteiger partial charge in [0.2, 0.25) is 0 Å². The van der Waals surface area contributed by atoms with Crippen LogP contribution >= 0.6 is 19.2 Å². The third kappa shape index (κ3) is 7.46. The maximum absolute atomic E-state index is 12.5. The van der Waals surface area contributed by atoms with Crippen molar-refractivity contribution in [2.24, 2.45) is 0 Å². The Morgan fingerprint density at radius 2 is 1.82 bits per heavy atom. The zero-order valence-corrected chi connectivity index (χ0v) is 24.2. The van der Waals surface area contributed by atoms with Crippen LogP contribution in [-0.2, 0) is 28.7 Å². The number of unbranched alkanes of at least 4 members (excludes halogenated alkanes) is 4. The van der Waals surface area contributed by atoms with Crippen molar-refractivity contribution < 1.29 is 29.0 Å². The number of hydrogen-bond donors (Lipinski definition) is 3. The average Bonchev–Trinajstić information content (AvgIpc) is 3.22. The normalized spacial score (nSPS) is 15.4. The van der Waals surface area contributed by atoms with Crippen molar-refractivity contribution in [1.82, 2.24) is 4.57 Å². The van der Waals surface area contributed by atoms with Crippen molar-refractivity contribution in [3.05, 3.63) is 63.8 Å². The van der Waals surface area contributed by atoms with Crippen LogP contribution in [0.15, 0.2) is 36.4 Å². The van der Waals surface area contributed by atoms with Gasteiger partial charge in [0, 0.05) is 22.6 Å². The van der Waals surface area contributed by atoms with E-state index in [2.05, 4.69) is 17.6 Å². The van der Waals surface area contributed by atoms with Crippen LogP contribution in [0.4, 0.5) is 0 Å². The van der Waals surface area contributed by atoms with Gasteiger partial charge in [0.15, 0.2) is 0 Å². The fourth-order valence-electron chi connectivity index (χ4n) is 5.76. The molecule has 0 saturated heterocycles. The van der Waals surface area contributed by atoms with E-state index in [4.69, 9.17) is 16.3 Å². The molecule has 1 heterocycles. The highest BCUT2D eigenvalue weighted by Crippen LogP contribution is 2.45. The minimum absolute atomic E-state index is 0.144.